The maximum atomic E-state index is 12.7. The SMILES string of the molecule is CC(=O)CN(CCC(C)CCCc1c(-c2c(C)cc(C(=O)C(C)C)cc2N)nc2cc(C)ccn12)C(=O)OC(C)(C)C. The molecule has 228 valence electrons. The van der Waals surface area contributed by atoms with E-state index in [0.29, 0.717) is 23.7 Å². The number of rotatable bonds is 12. The van der Waals surface area contributed by atoms with Crippen LogP contribution in [-0.2, 0) is 16.0 Å². The molecule has 0 saturated carbocycles. The summed E-state index contributed by atoms with van der Waals surface area (Å²) in [5.41, 5.74) is 12.9. The Bertz CT molecular complexity index is 1420. The number of nitrogens with zero attached hydrogens (tertiary/aromatic N) is 3. The lowest BCUT2D eigenvalue weighted by molar-refractivity contribution is -0.118. The lowest BCUT2D eigenvalue weighted by Crippen LogP contribution is -2.40. The van der Waals surface area contributed by atoms with Crippen LogP contribution >= 0.6 is 0 Å². The van der Waals surface area contributed by atoms with Gasteiger partial charge in [0.2, 0.25) is 0 Å². The third kappa shape index (κ3) is 8.43. The number of pyridine rings is 1. The van der Waals surface area contributed by atoms with Crippen LogP contribution in [-0.4, -0.2) is 50.6 Å². The van der Waals surface area contributed by atoms with Gasteiger partial charge in [-0.3, -0.25) is 9.59 Å². The van der Waals surface area contributed by atoms with Crippen LogP contribution in [0.5, 0.6) is 0 Å². The number of imidazole rings is 1. The van der Waals surface area contributed by atoms with E-state index in [-0.39, 0.29) is 24.0 Å². The summed E-state index contributed by atoms with van der Waals surface area (Å²) in [6, 6.07) is 7.85. The van der Waals surface area contributed by atoms with Crippen molar-refractivity contribution in [1.29, 1.82) is 0 Å². The summed E-state index contributed by atoms with van der Waals surface area (Å²) < 4.78 is 7.65. The molecular formula is C34H48N4O4. The number of aryl methyl sites for hydroxylation is 3. The molecule has 0 saturated heterocycles. The van der Waals surface area contributed by atoms with Gasteiger partial charge in [-0.05, 0) is 102 Å². The number of hydrogen-bond donors (Lipinski definition) is 1. The number of aromatic nitrogens is 2. The van der Waals surface area contributed by atoms with Gasteiger partial charge in [0.1, 0.15) is 17.0 Å². The number of nitrogens with two attached hydrogens (primary N) is 1. The van der Waals surface area contributed by atoms with Gasteiger partial charge in [0.25, 0.3) is 0 Å². The van der Waals surface area contributed by atoms with Crippen molar-refractivity contribution in [3.8, 4) is 11.3 Å². The number of hydrogen-bond acceptors (Lipinski definition) is 6. The van der Waals surface area contributed by atoms with E-state index in [1.807, 2.05) is 54.5 Å². The number of nitrogen functional groups attached to an aromatic ring is 1. The molecule has 2 aromatic heterocycles. The first-order chi connectivity index (χ1) is 19.6. The molecule has 1 atom stereocenters. The van der Waals surface area contributed by atoms with E-state index in [0.717, 1.165) is 59.4 Å². The highest BCUT2D eigenvalue weighted by Gasteiger charge is 2.24. The van der Waals surface area contributed by atoms with E-state index < -0.39 is 11.7 Å². The van der Waals surface area contributed by atoms with Crippen LogP contribution in [0.2, 0.25) is 0 Å². The first-order valence-corrected chi connectivity index (χ1v) is 15.0. The Labute approximate surface area is 250 Å². The van der Waals surface area contributed by atoms with E-state index in [9.17, 15) is 14.4 Å². The van der Waals surface area contributed by atoms with Gasteiger partial charge in [-0.2, -0.15) is 0 Å². The maximum Gasteiger partial charge on any atom is 0.410 e. The predicted molar refractivity (Wildman–Crippen MR) is 169 cm³/mol. The van der Waals surface area contributed by atoms with Crippen molar-refractivity contribution < 1.29 is 19.1 Å². The minimum absolute atomic E-state index is 0.0502. The Kier molecular flexibility index (Phi) is 10.6. The van der Waals surface area contributed by atoms with Gasteiger partial charge in [0, 0.05) is 35.5 Å². The molecule has 0 bridgehead atoms. The van der Waals surface area contributed by atoms with Gasteiger partial charge in [-0.15, -0.1) is 0 Å². The molecule has 1 amide bonds. The van der Waals surface area contributed by atoms with Crippen molar-refractivity contribution >= 4 is 29.0 Å². The molecule has 0 aliphatic heterocycles. The maximum absolute atomic E-state index is 12.7. The van der Waals surface area contributed by atoms with Crippen LogP contribution in [0, 0.1) is 25.7 Å². The van der Waals surface area contributed by atoms with E-state index in [2.05, 4.69) is 29.7 Å². The second-order valence-electron chi connectivity index (χ2n) is 13.0. The fraction of sp³-hybridized carbons (Fsp3) is 0.529. The van der Waals surface area contributed by atoms with Crippen LogP contribution in [0.3, 0.4) is 0 Å². The normalized spacial score (nSPS) is 12.5. The number of ketones is 2. The van der Waals surface area contributed by atoms with E-state index in [1.165, 1.54) is 11.8 Å². The summed E-state index contributed by atoms with van der Waals surface area (Å²) in [7, 11) is 0. The molecule has 8 nitrogen and oxygen atoms in total. The van der Waals surface area contributed by atoms with Crippen molar-refractivity contribution in [3.05, 3.63) is 52.8 Å². The van der Waals surface area contributed by atoms with Crippen LogP contribution < -0.4 is 5.73 Å². The molecule has 42 heavy (non-hydrogen) atoms. The summed E-state index contributed by atoms with van der Waals surface area (Å²) in [5.74, 6) is 0.230. The lowest BCUT2D eigenvalue weighted by atomic mass is 9.93. The molecule has 0 aliphatic rings. The zero-order valence-electron chi connectivity index (χ0n) is 26.8. The number of benzene rings is 1. The van der Waals surface area contributed by atoms with Crippen LogP contribution in [0.25, 0.3) is 16.9 Å². The quantitative estimate of drug-likeness (QED) is 0.180. The van der Waals surface area contributed by atoms with Crippen molar-refractivity contribution in [3.63, 3.8) is 0 Å². The Balaban J connectivity index is 1.79. The molecule has 0 aliphatic carbocycles. The Hall–Kier alpha value is -3.68. The average molecular weight is 577 g/mol. The number of carbonyl (C=O) groups is 3. The smallest absolute Gasteiger partial charge is 0.410 e. The first kappa shape index (κ1) is 32.8. The highest BCUT2D eigenvalue weighted by Crippen LogP contribution is 2.35. The van der Waals surface area contributed by atoms with Gasteiger partial charge < -0.3 is 19.8 Å². The minimum Gasteiger partial charge on any atom is -0.444 e. The second-order valence-corrected chi connectivity index (χ2v) is 13.0. The number of anilines is 1. The van der Waals surface area contributed by atoms with Gasteiger partial charge in [-0.1, -0.05) is 27.2 Å². The lowest BCUT2D eigenvalue weighted by Gasteiger charge is -2.27. The minimum atomic E-state index is -0.617. The van der Waals surface area contributed by atoms with Crippen LogP contribution in [0.15, 0.2) is 30.5 Å². The zero-order valence-corrected chi connectivity index (χ0v) is 26.8. The van der Waals surface area contributed by atoms with Crippen molar-refractivity contribution in [1.82, 2.24) is 14.3 Å². The largest absolute Gasteiger partial charge is 0.444 e. The van der Waals surface area contributed by atoms with Gasteiger partial charge in [-0.25, -0.2) is 9.78 Å². The summed E-state index contributed by atoms with van der Waals surface area (Å²) in [5, 5.41) is 0. The van der Waals surface area contributed by atoms with Crippen molar-refractivity contribution in [2.45, 2.75) is 93.6 Å². The Morgan fingerprint density at radius 1 is 1.07 bits per heavy atom. The summed E-state index contributed by atoms with van der Waals surface area (Å²) in [6.07, 6.45) is 5.02. The third-order valence-electron chi connectivity index (χ3n) is 7.36. The van der Waals surface area contributed by atoms with Crippen LogP contribution in [0.4, 0.5) is 10.5 Å². The first-order valence-electron chi connectivity index (χ1n) is 15.0. The molecule has 2 heterocycles. The third-order valence-corrected chi connectivity index (χ3v) is 7.36. The van der Waals surface area contributed by atoms with Gasteiger partial charge in [0.05, 0.1) is 17.9 Å². The number of ether oxygens (including phenoxy) is 1. The summed E-state index contributed by atoms with van der Waals surface area (Å²) in [4.78, 5) is 43.6. The molecule has 3 aromatic rings. The number of amides is 1. The number of fused-ring (bicyclic) bond motifs is 1. The van der Waals surface area contributed by atoms with E-state index in [1.54, 1.807) is 6.07 Å². The number of Topliss-reactive ketones (excluding diaryl/α,β-unsaturated/α-hetero) is 2. The second kappa shape index (κ2) is 13.5. The standard InChI is InChI=1S/C34H48N4O4/c1-21(2)32(40)26-18-24(5)30(27(35)19-26)31-28(38-16-14-23(4)17-29(38)36-31)12-10-11-22(3)13-15-37(20-25(6)39)33(41)42-34(7,8)9/h14,16-19,21-22H,10-13,15,20,35H2,1-9H3. The highest BCUT2D eigenvalue weighted by molar-refractivity contribution is 6.00. The molecule has 0 radical (unpaired) electrons. The summed E-state index contributed by atoms with van der Waals surface area (Å²) in [6.45, 7) is 17.5. The fourth-order valence-corrected chi connectivity index (χ4v) is 5.22. The van der Waals surface area contributed by atoms with E-state index in [4.69, 9.17) is 15.5 Å². The molecular weight excluding hydrogens is 528 g/mol. The molecule has 1 aromatic carbocycles. The topological polar surface area (TPSA) is 107 Å². The van der Waals surface area contributed by atoms with Crippen molar-refractivity contribution in [2.75, 3.05) is 18.8 Å². The van der Waals surface area contributed by atoms with Gasteiger partial charge >= 0.3 is 6.09 Å². The van der Waals surface area contributed by atoms with E-state index >= 15 is 0 Å². The Morgan fingerprint density at radius 3 is 2.36 bits per heavy atom. The summed E-state index contributed by atoms with van der Waals surface area (Å²) >= 11 is 0. The molecule has 3 rings (SSSR count). The molecule has 2 N–H and O–H groups in total. The average Bonchev–Trinajstić information content (AvgIpc) is 3.20. The van der Waals surface area contributed by atoms with Gasteiger partial charge in [0.15, 0.2) is 5.78 Å². The Morgan fingerprint density at radius 2 is 1.76 bits per heavy atom. The van der Waals surface area contributed by atoms with Crippen molar-refractivity contribution in [2.24, 2.45) is 11.8 Å². The molecule has 8 heteroatoms. The number of carbonyl (C=O) groups excluding carboxylic acids is 3. The fourth-order valence-electron chi connectivity index (χ4n) is 5.22. The molecule has 0 fully saturated rings. The monoisotopic (exact) mass is 576 g/mol. The molecule has 0 spiro atoms. The highest BCUT2D eigenvalue weighted by atomic mass is 16.6. The molecule has 1 unspecified atom stereocenters. The zero-order chi connectivity index (χ0) is 31.4. The predicted octanol–water partition coefficient (Wildman–Crippen LogP) is 7.21. The van der Waals surface area contributed by atoms with Crippen LogP contribution in [0.1, 0.15) is 94.9 Å².